The van der Waals surface area contributed by atoms with Crippen molar-refractivity contribution in [2.45, 2.75) is 6.42 Å². The van der Waals surface area contributed by atoms with Crippen LogP contribution in [0.4, 0.5) is 5.69 Å². The van der Waals surface area contributed by atoms with Crippen molar-refractivity contribution in [3.05, 3.63) is 42.6 Å². The van der Waals surface area contributed by atoms with Gasteiger partial charge in [0.05, 0.1) is 0 Å². The quantitative estimate of drug-likeness (QED) is 0.627. The van der Waals surface area contributed by atoms with Crippen LogP contribution in [0.5, 0.6) is 0 Å². The van der Waals surface area contributed by atoms with E-state index in [4.69, 9.17) is 5.73 Å². The van der Waals surface area contributed by atoms with E-state index in [1.807, 2.05) is 18.2 Å². The molecule has 0 unspecified atom stereocenters. The van der Waals surface area contributed by atoms with Gasteiger partial charge in [-0.3, -0.25) is 0 Å². The van der Waals surface area contributed by atoms with Crippen LogP contribution >= 0.6 is 0 Å². The molecule has 0 spiro atoms. The van der Waals surface area contributed by atoms with Gasteiger partial charge in [0, 0.05) is 0 Å². The number of amidine groups is 1. The summed E-state index contributed by atoms with van der Waals surface area (Å²) >= 11 is 1.28. The van der Waals surface area contributed by atoms with Crippen molar-refractivity contribution in [2.75, 3.05) is 0 Å². The van der Waals surface area contributed by atoms with Gasteiger partial charge < -0.3 is 0 Å². The van der Waals surface area contributed by atoms with Crippen LogP contribution in [0, 0.1) is 0 Å². The Labute approximate surface area is 105 Å². The summed E-state index contributed by atoms with van der Waals surface area (Å²) in [5.41, 5.74) is 9.15. The molecule has 0 aliphatic carbocycles. The second-order valence-electron chi connectivity index (χ2n) is 3.39. The number of aliphatic imine (C=N–C) groups is 2. The van der Waals surface area contributed by atoms with Gasteiger partial charge in [-0.15, -0.1) is 0 Å². The average Bonchev–Trinajstić information content (AvgIpc) is 2.71. The second-order valence-corrected chi connectivity index (χ2v) is 4.86. The predicted octanol–water partition coefficient (Wildman–Crippen LogP) is 1.54. The molecule has 4 heteroatoms. The molecule has 1 heterocycles. The van der Waals surface area contributed by atoms with Gasteiger partial charge in [-0.2, -0.15) is 0 Å². The first-order chi connectivity index (χ1) is 7.72. The maximum atomic E-state index is 5.82. The van der Waals surface area contributed by atoms with Crippen LogP contribution in [0.1, 0.15) is 5.56 Å². The summed E-state index contributed by atoms with van der Waals surface area (Å²) < 4.78 is 1.01. The van der Waals surface area contributed by atoms with E-state index in [-0.39, 0.29) is 0 Å². The minimum atomic E-state index is 0.525. The Kier molecular flexibility index (Phi) is 3.25. The number of hydrogen-bond donors (Lipinski definition) is 1. The molecule has 0 atom stereocenters. The van der Waals surface area contributed by atoms with Crippen LogP contribution in [-0.2, 0) is 25.8 Å². The average molecular weight is 381 g/mol. The molecule has 0 radical (unpaired) electrons. The summed E-state index contributed by atoms with van der Waals surface area (Å²) in [6.45, 7) is 3.54. The monoisotopic (exact) mass is 381 g/mol. The summed E-state index contributed by atoms with van der Waals surface area (Å²) in [4.78, 5) is 8.55. The molecule has 0 saturated carbocycles. The fraction of sp³-hybridized carbons (Fsp3) is 0.0833. The van der Waals surface area contributed by atoms with Crippen molar-refractivity contribution in [2.24, 2.45) is 15.7 Å². The molecule has 1 aliphatic heterocycles. The van der Waals surface area contributed by atoms with E-state index in [1.165, 1.54) is 31.1 Å². The molecule has 0 fully saturated rings. The molecule has 0 bridgehead atoms. The zero-order valence-corrected chi connectivity index (χ0v) is 11.6. The molecule has 1 aromatic rings. The Morgan fingerprint density at radius 1 is 1.50 bits per heavy atom. The molecule has 0 saturated heterocycles. The van der Waals surface area contributed by atoms with Crippen LogP contribution in [0.25, 0.3) is 0 Å². The van der Waals surface area contributed by atoms with Gasteiger partial charge in [0.2, 0.25) is 0 Å². The van der Waals surface area contributed by atoms with Crippen molar-refractivity contribution in [1.29, 1.82) is 0 Å². The fourth-order valence-electron chi connectivity index (χ4n) is 1.57. The third-order valence-corrected chi connectivity index (χ3v) is 3.93. The molecule has 1 aliphatic rings. The van der Waals surface area contributed by atoms with Crippen LogP contribution < -0.4 is 5.73 Å². The van der Waals surface area contributed by atoms with Gasteiger partial charge in [0.1, 0.15) is 0 Å². The fourth-order valence-corrected chi connectivity index (χ4v) is 2.18. The Balaban J connectivity index is 2.26. The van der Waals surface area contributed by atoms with Crippen LogP contribution in [0.2, 0.25) is 0 Å². The number of nitrogens with zero attached hydrogens (tertiary/aromatic N) is 2. The van der Waals surface area contributed by atoms with Gasteiger partial charge in [-0.05, 0) is 0 Å². The van der Waals surface area contributed by atoms with Gasteiger partial charge in [-0.25, -0.2) is 0 Å². The molecule has 3 nitrogen and oxygen atoms in total. The van der Waals surface area contributed by atoms with Crippen molar-refractivity contribution in [1.82, 2.24) is 0 Å². The number of fused-ring (bicyclic) bond motifs is 1. The summed E-state index contributed by atoms with van der Waals surface area (Å²) in [7, 11) is 0. The van der Waals surface area contributed by atoms with Gasteiger partial charge >= 0.3 is 105 Å². The first-order valence-electron chi connectivity index (χ1n) is 4.86. The Morgan fingerprint density at radius 2 is 2.25 bits per heavy atom. The van der Waals surface area contributed by atoms with Crippen LogP contribution in [0.3, 0.4) is 0 Å². The van der Waals surface area contributed by atoms with Gasteiger partial charge in [0.15, 0.2) is 0 Å². The number of nitrogens with two attached hydrogens (primary N) is 1. The van der Waals surface area contributed by atoms with Gasteiger partial charge in [0.25, 0.3) is 0 Å². The predicted molar refractivity (Wildman–Crippen MR) is 64.1 cm³/mol. The van der Waals surface area contributed by atoms with E-state index in [9.17, 15) is 0 Å². The van der Waals surface area contributed by atoms with E-state index in [0.29, 0.717) is 5.84 Å². The normalized spacial score (nSPS) is 14.2. The van der Waals surface area contributed by atoms with Crippen molar-refractivity contribution >= 4 is 21.1 Å². The number of para-hydroxylation sites is 1. The van der Waals surface area contributed by atoms with E-state index < -0.39 is 0 Å². The zero-order chi connectivity index (χ0) is 11.5. The van der Waals surface area contributed by atoms with E-state index in [0.717, 1.165) is 21.7 Å². The molecule has 0 amide bonds. The van der Waals surface area contributed by atoms with E-state index in [2.05, 4.69) is 22.6 Å². The van der Waals surface area contributed by atoms with Crippen molar-refractivity contribution in [3.8, 4) is 0 Å². The Hall–Kier alpha value is -1.34. The molecule has 2 N–H and O–H groups in total. The first-order valence-corrected chi connectivity index (χ1v) is 6.33. The summed E-state index contributed by atoms with van der Waals surface area (Å²) in [5, 5.41) is 0. The molecular formula is C12H11N3W. The first kappa shape index (κ1) is 11.2. The number of benzene rings is 1. The summed E-state index contributed by atoms with van der Waals surface area (Å²) in [6, 6.07) is 8.14. The number of rotatable bonds is 3. The molecule has 16 heavy (non-hydrogen) atoms. The summed E-state index contributed by atoms with van der Waals surface area (Å²) in [6.07, 6.45) is 2.31. The molecule has 2 rings (SSSR count). The molecule has 0 aromatic heterocycles. The van der Waals surface area contributed by atoms with Crippen molar-refractivity contribution in [3.63, 3.8) is 0 Å². The Bertz CT molecular complexity index is 515. The van der Waals surface area contributed by atoms with Gasteiger partial charge in [-0.1, -0.05) is 0 Å². The molecule has 1 aromatic carbocycles. The third-order valence-electron chi connectivity index (χ3n) is 2.33. The van der Waals surface area contributed by atoms with Crippen molar-refractivity contribution < 1.29 is 19.4 Å². The van der Waals surface area contributed by atoms with E-state index in [1.54, 1.807) is 0 Å². The molecule has 80 valence electrons. The maximum absolute atomic E-state index is 5.82. The minimum absolute atomic E-state index is 0.525. The molecular weight excluding hydrogens is 370 g/mol. The third kappa shape index (κ3) is 2.09. The zero-order valence-electron chi connectivity index (χ0n) is 8.68. The van der Waals surface area contributed by atoms with Crippen LogP contribution in [0.15, 0.2) is 47.0 Å². The SMILES string of the molecule is C=CN=C(N)[C](=[W])C1=Nc2ccccc2C1. The Morgan fingerprint density at radius 3 is 2.94 bits per heavy atom. The topological polar surface area (TPSA) is 50.7 Å². The standard InChI is InChI=1S/C12H11N3.W/c1-2-14-12(13)8-10-7-9-5-3-4-6-11(9)15-10;/h2-6H,1,7H2,(H2,13,14);. The summed E-state index contributed by atoms with van der Waals surface area (Å²) in [5.74, 6) is 0.525. The van der Waals surface area contributed by atoms with Crippen LogP contribution in [-0.4, -0.2) is 15.4 Å². The van der Waals surface area contributed by atoms with E-state index >= 15 is 0 Å². The number of hydrogen-bond acceptors (Lipinski definition) is 2. The second kappa shape index (κ2) is 4.67.